The van der Waals surface area contributed by atoms with Gasteiger partial charge in [-0.3, -0.25) is 0 Å². The number of benzene rings is 4. The van der Waals surface area contributed by atoms with Gasteiger partial charge in [-0.25, -0.2) is 0 Å². The Bertz CT molecular complexity index is 1540. The predicted molar refractivity (Wildman–Crippen MR) is 161 cm³/mol. The average Bonchev–Trinajstić information content (AvgIpc) is 3.42. The molecule has 0 spiro atoms. The standard InChI is InChI=1S/C31H32GeN4O2S/c1-4-35(5-2)31-30(33-34-36(31)39(37,38)29-23-21-25(3)22-24-29)32(26-15-9-6-10-16-26,27-17-11-7-12-18-27)28-19-13-8-14-20-28/h6-24H,4-5H2,1-3H3. The first kappa shape index (κ1) is 26.9. The Morgan fingerprint density at radius 2 is 1.13 bits per heavy atom. The van der Waals surface area contributed by atoms with Crippen molar-refractivity contribution in [3.05, 3.63) is 121 Å². The summed E-state index contributed by atoms with van der Waals surface area (Å²) >= 11 is -3.87. The number of nitrogens with zero attached hydrogens (tertiary/aromatic N) is 4. The quantitative estimate of drug-likeness (QED) is 0.245. The zero-order chi connectivity index (χ0) is 27.5. The zero-order valence-electron chi connectivity index (χ0n) is 22.4. The third-order valence-corrected chi connectivity index (χ3v) is 18.5. The van der Waals surface area contributed by atoms with E-state index in [1.165, 1.54) is 0 Å². The van der Waals surface area contributed by atoms with Gasteiger partial charge in [0.05, 0.1) is 0 Å². The fourth-order valence-electron chi connectivity index (χ4n) is 5.25. The van der Waals surface area contributed by atoms with Crippen molar-refractivity contribution in [3.8, 4) is 0 Å². The number of anilines is 1. The van der Waals surface area contributed by atoms with Gasteiger partial charge in [-0.05, 0) is 0 Å². The summed E-state index contributed by atoms with van der Waals surface area (Å²) in [4.78, 5) is 2.26. The Balaban J connectivity index is 1.92. The summed E-state index contributed by atoms with van der Waals surface area (Å²) in [5.74, 6) is 0.539. The summed E-state index contributed by atoms with van der Waals surface area (Å²) < 4.78 is 33.6. The van der Waals surface area contributed by atoms with E-state index in [1.54, 1.807) is 12.1 Å². The summed E-state index contributed by atoms with van der Waals surface area (Å²) in [6, 6.07) is 38.1. The van der Waals surface area contributed by atoms with E-state index in [0.29, 0.717) is 18.9 Å². The van der Waals surface area contributed by atoms with Crippen molar-refractivity contribution in [3.63, 3.8) is 0 Å². The molecular formula is C31H32GeN4O2S. The second-order valence-corrected chi connectivity index (χ2v) is 19.0. The Kier molecular flexibility index (Phi) is 7.72. The molecule has 0 aliphatic heterocycles. The predicted octanol–water partition coefficient (Wildman–Crippen LogP) is 3.05. The van der Waals surface area contributed by atoms with Gasteiger partial charge in [0.15, 0.2) is 0 Å². The summed E-state index contributed by atoms with van der Waals surface area (Å²) in [6.45, 7) is 7.22. The topological polar surface area (TPSA) is 68.1 Å². The molecule has 0 fully saturated rings. The SMILES string of the molecule is CCN(CC)c1[c]([Ge]([c]2ccccc2)([c]2ccccc2)[c]2ccccc2)nnn1S(=O)(=O)c1ccc(C)cc1. The van der Waals surface area contributed by atoms with Crippen molar-refractivity contribution in [1.29, 1.82) is 0 Å². The van der Waals surface area contributed by atoms with Gasteiger partial charge in [0.2, 0.25) is 0 Å². The molecule has 6 nitrogen and oxygen atoms in total. The van der Waals surface area contributed by atoms with Crippen LogP contribution >= 0.6 is 0 Å². The first-order chi connectivity index (χ1) is 18.9. The molecule has 5 rings (SSSR count). The Hall–Kier alpha value is -3.69. The van der Waals surface area contributed by atoms with Crippen molar-refractivity contribution >= 4 is 46.8 Å². The number of aryl methyl sites for hydroxylation is 1. The molecule has 8 heteroatoms. The molecular weight excluding hydrogens is 565 g/mol. The van der Waals surface area contributed by atoms with Crippen LogP contribution in [-0.2, 0) is 10.0 Å². The minimum atomic E-state index is -4.01. The minimum absolute atomic E-state index is 0.190. The van der Waals surface area contributed by atoms with Crippen molar-refractivity contribution in [2.45, 2.75) is 25.7 Å². The number of hydrogen-bond acceptors (Lipinski definition) is 5. The summed E-state index contributed by atoms with van der Waals surface area (Å²) in [5.41, 5.74) is 0.989. The molecule has 0 saturated heterocycles. The number of rotatable bonds is 9. The van der Waals surface area contributed by atoms with E-state index in [2.05, 4.69) is 46.5 Å². The van der Waals surface area contributed by atoms with E-state index in [0.717, 1.165) is 27.4 Å². The van der Waals surface area contributed by atoms with Gasteiger partial charge in [-0.2, -0.15) is 0 Å². The molecule has 5 aromatic rings. The van der Waals surface area contributed by atoms with Crippen LogP contribution in [0.1, 0.15) is 19.4 Å². The van der Waals surface area contributed by atoms with Crippen molar-refractivity contribution < 1.29 is 8.42 Å². The molecule has 39 heavy (non-hydrogen) atoms. The molecule has 0 saturated carbocycles. The maximum absolute atomic E-state index is 14.1. The van der Waals surface area contributed by atoms with Crippen LogP contribution in [0.2, 0.25) is 0 Å². The molecule has 0 bridgehead atoms. The van der Waals surface area contributed by atoms with Crippen LogP contribution < -0.4 is 22.6 Å². The average molecular weight is 597 g/mol. The fourth-order valence-corrected chi connectivity index (χ4v) is 16.5. The van der Waals surface area contributed by atoms with E-state index >= 15 is 0 Å². The summed E-state index contributed by atoms with van der Waals surface area (Å²) in [7, 11) is -4.01. The third-order valence-electron chi connectivity index (χ3n) is 7.20. The van der Waals surface area contributed by atoms with Gasteiger partial charge < -0.3 is 0 Å². The van der Waals surface area contributed by atoms with Crippen molar-refractivity contribution in [2.75, 3.05) is 18.0 Å². The molecule has 0 aliphatic rings. The monoisotopic (exact) mass is 598 g/mol. The van der Waals surface area contributed by atoms with Gasteiger partial charge in [0.25, 0.3) is 0 Å². The van der Waals surface area contributed by atoms with Crippen LogP contribution in [0.5, 0.6) is 0 Å². The van der Waals surface area contributed by atoms with Crippen LogP contribution in [0.3, 0.4) is 0 Å². The van der Waals surface area contributed by atoms with Crippen LogP contribution in [0.25, 0.3) is 0 Å². The molecule has 198 valence electrons. The fraction of sp³-hybridized carbons (Fsp3) is 0.161. The van der Waals surface area contributed by atoms with Gasteiger partial charge in [0, 0.05) is 0 Å². The molecule has 0 N–H and O–H groups in total. The third kappa shape index (κ3) is 4.70. The van der Waals surface area contributed by atoms with Gasteiger partial charge in [-0.1, -0.05) is 0 Å². The van der Waals surface area contributed by atoms with Gasteiger partial charge >= 0.3 is 234 Å². The summed E-state index contributed by atoms with van der Waals surface area (Å²) in [5, 5.41) is 9.25. The van der Waals surface area contributed by atoms with E-state index in [-0.39, 0.29) is 4.90 Å². The molecule has 0 atom stereocenters. The number of aromatic nitrogens is 3. The summed E-state index contributed by atoms with van der Waals surface area (Å²) in [6.07, 6.45) is 0. The van der Waals surface area contributed by atoms with Crippen molar-refractivity contribution in [2.24, 2.45) is 0 Å². The Morgan fingerprint density at radius 1 is 0.692 bits per heavy atom. The molecule has 1 aromatic heterocycles. The normalized spacial score (nSPS) is 11.9. The van der Waals surface area contributed by atoms with Gasteiger partial charge in [0.1, 0.15) is 0 Å². The molecule has 1 heterocycles. The number of hydrogen-bond donors (Lipinski definition) is 0. The molecule has 0 unspecified atom stereocenters. The zero-order valence-corrected chi connectivity index (χ0v) is 25.3. The molecule has 0 aliphatic carbocycles. The van der Waals surface area contributed by atoms with Crippen LogP contribution in [-0.4, -0.2) is 49.2 Å². The Morgan fingerprint density at radius 3 is 1.54 bits per heavy atom. The first-order valence-corrected chi connectivity index (χ1v) is 18.8. The molecule has 0 radical (unpaired) electrons. The van der Waals surface area contributed by atoms with Crippen LogP contribution in [0.4, 0.5) is 5.82 Å². The maximum atomic E-state index is 14.1. The second kappa shape index (κ2) is 11.2. The first-order valence-electron chi connectivity index (χ1n) is 13.1. The van der Waals surface area contributed by atoms with E-state index in [9.17, 15) is 8.42 Å². The van der Waals surface area contributed by atoms with Crippen molar-refractivity contribution in [1.82, 2.24) is 14.4 Å². The van der Waals surface area contributed by atoms with E-state index < -0.39 is 23.3 Å². The van der Waals surface area contributed by atoms with Gasteiger partial charge in [-0.15, -0.1) is 0 Å². The molecule has 0 amide bonds. The van der Waals surface area contributed by atoms with E-state index in [4.69, 9.17) is 5.10 Å². The Labute approximate surface area is 233 Å². The van der Waals surface area contributed by atoms with E-state index in [1.807, 2.05) is 87.5 Å². The van der Waals surface area contributed by atoms with Crippen LogP contribution in [0.15, 0.2) is 120 Å². The second-order valence-electron chi connectivity index (χ2n) is 9.44. The van der Waals surface area contributed by atoms with Crippen LogP contribution in [0, 0.1) is 6.92 Å². The molecule has 4 aromatic carbocycles.